The van der Waals surface area contributed by atoms with Gasteiger partial charge in [-0.05, 0) is 24.0 Å². The summed E-state index contributed by atoms with van der Waals surface area (Å²) in [5, 5.41) is 0. The summed E-state index contributed by atoms with van der Waals surface area (Å²) >= 11 is 1.69. The highest BCUT2D eigenvalue weighted by molar-refractivity contribution is 7.98. The summed E-state index contributed by atoms with van der Waals surface area (Å²) in [4.78, 5) is 9.68. The van der Waals surface area contributed by atoms with Gasteiger partial charge in [0.1, 0.15) is 5.69 Å². The van der Waals surface area contributed by atoms with Crippen molar-refractivity contribution < 1.29 is 9.47 Å². The minimum atomic E-state index is -0.390. The number of aromatic nitrogens is 2. The van der Waals surface area contributed by atoms with Crippen LogP contribution in [-0.4, -0.2) is 30.4 Å². The Morgan fingerprint density at radius 1 is 1.15 bits per heavy atom. The molecule has 2 N–H and O–H groups in total. The number of nitrogens with zero attached hydrogens (tertiary/aromatic N) is 2. The zero-order chi connectivity index (χ0) is 14.5. The maximum absolute atomic E-state index is 6.25. The smallest absolute Gasteiger partial charge is 0.240 e. The lowest BCUT2D eigenvalue weighted by molar-refractivity contribution is 0.355. The van der Waals surface area contributed by atoms with E-state index in [4.69, 9.17) is 15.2 Å². The molecule has 0 radical (unpaired) electrons. The first kappa shape index (κ1) is 14.6. The van der Waals surface area contributed by atoms with Crippen LogP contribution in [0, 0.1) is 0 Å². The molecule has 0 bridgehead atoms. The van der Waals surface area contributed by atoms with Crippen LogP contribution >= 0.6 is 11.8 Å². The van der Waals surface area contributed by atoms with E-state index in [9.17, 15) is 0 Å². The van der Waals surface area contributed by atoms with Crippen molar-refractivity contribution in [3.8, 4) is 11.8 Å². The van der Waals surface area contributed by atoms with E-state index in [1.54, 1.807) is 11.8 Å². The van der Waals surface area contributed by atoms with Gasteiger partial charge in [0.05, 0.1) is 26.5 Å². The molecule has 106 valence electrons. The third kappa shape index (κ3) is 3.02. The van der Waals surface area contributed by atoms with Crippen LogP contribution in [-0.2, 0) is 0 Å². The lowest BCUT2D eigenvalue weighted by Gasteiger charge is -2.15. The number of hydrogen-bond acceptors (Lipinski definition) is 6. The fraction of sp³-hybridized carbons (Fsp3) is 0.286. The van der Waals surface area contributed by atoms with Crippen LogP contribution in [0.2, 0.25) is 0 Å². The molecule has 0 aliphatic heterocycles. The first-order chi connectivity index (χ1) is 9.69. The molecule has 0 saturated heterocycles. The minimum absolute atomic E-state index is 0.380. The first-order valence-electron chi connectivity index (χ1n) is 6.04. The van der Waals surface area contributed by atoms with Crippen LogP contribution in [0.15, 0.2) is 35.4 Å². The molecule has 0 spiro atoms. The van der Waals surface area contributed by atoms with E-state index >= 15 is 0 Å². The minimum Gasteiger partial charge on any atom is -0.480 e. The Labute approximate surface area is 122 Å². The van der Waals surface area contributed by atoms with E-state index in [0.717, 1.165) is 5.56 Å². The molecule has 6 heteroatoms. The number of rotatable bonds is 5. The molecular formula is C14H17N3O2S. The Kier molecular flexibility index (Phi) is 4.81. The van der Waals surface area contributed by atoms with Crippen molar-refractivity contribution in [1.29, 1.82) is 0 Å². The molecule has 20 heavy (non-hydrogen) atoms. The van der Waals surface area contributed by atoms with Gasteiger partial charge in [-0.1, -0.05) is 12.1 Å². The third-order valence-corrected chi connectivity index (χ3v) is 3.66. The molecule has 1 aromatic heterocycles. The first-order valence-corrected chi connectivity index (χ1v) is 7.26. The Morgan fingerprint density at radius 2 is 1.85 bits per heavy atom. The van der Waals surface area contributed by atoms with Crippen LogP contribution in [0.25, 0.3) is 0 Å². The second-order valence-electron chi connectivity index (χ2n) is 4.06. The summed E-state index contributed by atoms with van der Waals surface area (Å²) in [6, 6.07) is 7.65. The molecule has 1 heterocycles. The number of methoxy groups -OCH3 is 2. The van der Waals surface area contributed by atoms with Gasteiger partial charge in [-0.25, -0.2) is 4.98 Å². The molecule has 2 aromatic rings. The Bertz CT molecular complexity index is 575. The summed E-state index contributed by atoms with van der Waals surface area (Å²) in [5.41, 5.74) is 7.79. The maximum atomic E-state index is 6.25. The van der Waals surface area contributed by atoms with Crippen molar-refractivity contribution in [3.63, 3.8) is 0 Å². The average molecular weight is 291 g/mol. The van der Waals surface area contributed by atoms with Gasteiger partial charge < -0.3 is 15.2 Å². The van der Waals surface area contributed by atoms with Crippen LogP contribution in [0.1, 0.15) is 17.3 Å². The maximum Gasteiger partial charge on any atom is 0.240 e. The highest BCUT2D eigenvalue weighted by Gasteiger charge is 2.18. The standard InChI is InChI=1S/C14H17N3O2S/c1-18-11-8-16-13(14(17-11)19-2)12(15)9-4-6-10(20-3)7-5-9/h4-8,12H,15H2,1-3H3. The molecule has 0 aliphatic rings. The monoisotopic (exact) mass is 291 g/mol. The van der Waals surface area contributed by atoms with Crippen molar-refractivity contribution >= 4 is 11.8 Å². The molecule has 0 amide bonds. The summed E-state index contributed by atoms with van der Waals surface area (Å²) < 4.78 is 10.3. The van der Waals surface area contributed by atoms with E-state index in [-0.39, 0.29) is 6.04 Å². The average Bonchev–Trinajstić information content (AvgIpc) is 2.53. The van der Waals surface area contributed by atoms with E-state index in [2.05, 4.69) is 9.97 Å². The van der Waals surface area contributed by atoms with E-state index in [1.165, 1.54) is 25.3 Å². The van der Waals surface area contributed by atoms with Gasteiger partial charge in [0, 0.05) is 4.90 Å². The Morgan fingerprint density at radius 3 is 2.40 bits per heavy atom. The predicted octanol–water partition coefficient (Wildman–Crippen LogP) is 2.26. The van der Waals surface area contributed by atoms with Gasteiger partial charge in [-0.3, -0.25) is 0 Å². The molecule has 1 unspecified atom stereocenters. The normalized spacial score (nSPS) is 12.0. The van der Waals surface area contributed by atoms with E-state index in [1.807, 2.05) is 30.5 Å². The Hall–Kier alpha value is -1.79. The van der Waals surface area contributed by atoms with Crippen LogP contribution in [0.4, 0.5) is 0 Å². The zero-order valence-electron chi connectivity index (χ0n) is 11.7. The second-order valence-corrected chi connectivity index (χ2v) is 4.94. The largest absolute Gasteiger partial charge is 0.480 e. The van der Waals surface area contributed by atoms with Gasteiger partial charge in [-0.2, -0.15) is 4.98 Å². The van der Waals surface area contributed by atoms with Gasteiger partial charge in [-0.15, -0.1) is 11.8 Å². The van der Waals surface area contributed by atoms with Gasteiger partial charge >= 0.3 is 0 Å². The van der Waals surface area contributed by atoms with Crippen LogP contribution in [0.5, 0.6) is 11.8 Å². The summed E-state index contributed by atoms with van der Waals surface area (Å²) in [7, 11) is 3.07. The number of hydrogen-bond donors (Lipinski definition) is 1. The van der Waals surface area contributed by atoms with Crippen molar-refractivity contribution in [2.24, 2.45) is 5.73 Å². The summed E-state index contributed by atoms with van der Waals surface area (Å²) in [6.45, 7) is 0. The van der Waals surface area contributed by atoms with Crippen molar-refractivity contribution in [2.75, 3.05) is 20.5 Å². The third-order valence-electron chi connectivity index (χ3n) is 2.92. The molecule has 0 aliphatic carbocycles. The summed E-state index contributed by atoms with van der Waals surface area (Å²) in [6.07, 6.45) is 3.57. The molecule has 5 nitrogen and oxygen atoms in total. The highest BCUT2D eigenvalue weighted by atomic mass is 32.2. The molecule has 0 fully saturated rings. The fourth-order valence-electron chi connectivity index (χ4n) is 1.80. The number of ether oxygens (including phenoxy) is 2. The topological polar surface area (TPSA) is 70.3 Å². The van der Waals surface area contributed by atoms with E-state index in [0.29, 0.717) is 17.5 Å². The predicted molar refractivity (Wildman–Crippen MR) is 79.4 cm³/mol. The lowest BCUT2D eigenvalue weighted by atomic mass is 10.0. The molecular weight excluding hydrogens is 274 g/mol. The van der Waals surface area contributed by atoms with Crippen LogP contribution in [0.3, 0.4) is 0 Å². The second kappa shape index (κ2) is 6.58. The van der Waals surface area contributed by atoms with E-state index < -0.39 is 0 Å². The van der Waals surface area contributed by atoms with Crippen molar-refractivity contribution in [3.05, 3.63) is 41.7 Å². The van der Waals surface area contributed by atoms with Gasteiger partial charge in [0.2, 0.25) is 11.8 Å². The SMILES string of the molecule is COc1cnc(C(N)c2ccc(SC)cc2)c(OC)n1. The summed E-state index contributed by atoms with van der Waals surface area (Å²) in [5.74, 6) is 0.779. The zero-order valence-corrected chi connectivity index (χ0v) is 12.5. The highest BCUT2D eigenvalue weighted by Crippen LogP contribution is 2.27. The molecule has 1 atom stereocenters. The van der Waals surface area contributed by atoms with Gasteiger partial charge in [0.25, 0.3) is 0 Å². The number of thioether (sulfide) groups is 1. The molecule has 0 saturated carbocycles. The Balaban J connectivity index is 2.33. The van der Waals surface area contributed by atoms with Crippen molar-refractivity contribution in [2.45, 2.75) is 10.9 Å². The van der Waals surface area contributed by atoms with Crippen LogP contribution < -0.4 is 15.2 Å². The van der Waals surface area contributed by atoms with Gasteiger partial charge in [0.15, 0.2) is 0 Å². The quantitative estimate of drug-likeness (QED) is 0.852. The number of nitrogens with two attached hydrogens (primary N) is 1. The molecule has 2 rings (SSSR count). The number of benzene rings is 1. The molecule has 1 aromatic carbocycles. The fourth-order valence-corrected chi connectivity index (χ4v) is 2.21. The van der Waals surface area contributed by atoms with Crippen molar-refractivity contribution in [1.82, 2.24) is 9.97 Å². The lowest BCUT2D eigenvalue weighted by Crippen LogP contribution is -2.15.